The molecule has 0 heterocycles. The van der Waals surface area contributed by atoms with Gasteiger partial charge in [0.05, 0.1) is 5.92 Å². The molecule has 1 fully saturated rings. The summed E-state index contributed by atoms with van der Waals surface area (Å²) in [4.78, 5) is 11.9. The van der Waals surface area contributed by atoms with Gasteiger partial charge < -0.3 is 15.6 Å². The van der Waals surface area contributed by atoms with Crippen LogP contribution in [0.1, 0.15) is 31.2 Å². The van der Waals surface area contributed by atoms with E-state index < -0.39 is 17.6 Å². The van der Waals surface area contributed by atoms with Crippen LogP contribution in [-0.2, 0) is 16.1 Å². The highest BCUT2D eigenvalue weighted by Gasteiger charge is 2.41. The maximum atomic E-state index is 11.9. The third-order valence-corrected chi connectivity index (χ3v) is 3.43. The van der Waals surface area contributed by atoms with Crippen LogP contribution in [0.3, 0.4) is 0 Å². The molecule has 0 saturated heterocycles. The summed E-state index contributed by atoms with van der Waals surface area (Å²) in [6, 6.07) is 9.47. The van der Waals surface area contributed by atoms with Gasteiger partial charge in [0.2, 0.25) is 0 Å². The summed E-state index contributed by atoms with van der Waals surface area (Å²) in [5, 5.41) is 9.98. The van der Waals surface area contributed by atoms with E-state index in [0.29, 0.717) is 12.8 Å². The van der Waals surface area contributed by atoms with E-state index in [9.17, 15) is 9.90 Å². The van der Waals surface area contributed by atoms with Crippen molar-refractivity contribution in [3.05, 3.63) is 35.9 Å². The molecule has 18 heavy (non-hydrogen) atoms. The molecule has 3 N–H and O–H groups in total. The van der Waals surface area contributed by atoms with Crippen LogP contribution in [0.15, 0.2) is 30.3 Å². The van der Waals surface area contributed by atoms with E-state index in [0.717, 1.165) is 18.4 Å². The molecular formula is C14H19NO3. The fourth-order valence-electron chi connectivity index (χ4n) is 2.33. The Bertz CT molecular complexity index is 403. The van der Waals surface area contributed by atoms with Gasteiger partial charge in [-0.2, -0.15) is 0 Å². The molecule has 98 valence electrons. The van der Waals surface area contributed by atoms with Crippen LogP contribution in [0, 0.1) is 5.92 Å². The summed E-state index contributed by atoms with van der Waals surface area (Å²) >= 11 is 0. The third kappa shape index (κ3) is 3.09. The summed E-state index contributed by atoms with van der Waals surface area (Å²) < 4.78 is 5.22. The van der Waals surface area contributed by atoms with Gasteiger partial charge in [-0.3, -0.25) is 4.79 Å². The second-order valence-corrected chi connectivity index (χ2v) is 4.88. The number of hydrogen-bond acceptors (Lipinski definition) is 4. The predicted molar refractivity (Wildman–Crippen MR) is 67.3 cm³/mol. The predicted octanol–water partition coefficient (Wildman–Crippen LogP) is 1.57. The van der Waals surface area contributed by atoms with Crippen LogP contribution < -0.4 is 5.73 Å². The van der Waals surface area contributed by atoms with Gasteiger partial charge >= 0.3 is 5.97 Å². The number of carbonyl (C=O) groups excluding carboxylic acids is 1. The van der Waals surface area contributed by atoms with E-state index in [1.807, 2.05) is 30.3 Å². The average Bonchev–Trinajstić information content (AvgIpc) is 2.37. The molecule has 1 aromatic carbocycles. The first-order valence-electron chi connectivity index (χ1n) is 6.31. The Labute approximate surface area is 107 Å². The first-order chi connectivity index (χ1) is 8.59. The zero-order valence-electron chi connectivity index (χ0n) is 10.3. The van der Waals surface area contributed by atoms with Crippen LogP contribution in [0.2, 0.25) is 0 Å². The van der Waals surface area contributed by atoms with Gasteiger partial charge in [-0.05, 0) is 24.8 Å². The zero-order chi connectivity index (χ0) is 13.0. The molecule has 0 spiro atoms. The normalized spacial score (nSPS) is 27.8. The summed E-state index contributed by atoms with van der Waals surface area (Å²) in [5.74, 6) is -1.00. The molecule has 1 aromatic rings. The molecule has 4 heteroatoms. The van der Waals surface area contributed by atoms with Gasteiger partial charge in [-0.25, -0.2) is 0 Å². The van der Waals surface area contributed by atoms with Crippen molar-refractivity contribution in [3.8, 4) is 0 Å². The lowest BCUT2D eigenvalue weighted by atomic mass is 9.82. The van der Waals surface area contributed by atoms with E-state index in [2.05, 4.69) is 0 Å². The number of hydrogen-bond donors (Lipinski definition) is 2. The standard InChI is InChI=1S/C14H19NO3/c15-14(17)9-5-4-8-12(14)13(16)18-10-11-6-2-1-3-7-11/h1-3,6-7,12,17H,4-5,8-10,15H2/t12-,14+/m0/s1. The molecule has 1 aliphatic rings. The summed E-state index contributed by atoms with van der Waals surface area (Å²) in [5.41, 5.74) is 5.27. The molecular weight excluding hydrogens is 230 g/mol. The van der Waals surface area contributed by atoms with Crippen LogP contribution >= 0.6 is 0 Å². The van der Waals surface area contributed by atoms with E-state index in [1.54, 1.807) is 0 Å². The largest absolute Gasteiger partial charge is 0.460 e. The Balaban J connectivity index is 1.91. The van der Waals surface area contributed by atoms with Crippen molar-refractivity contribution < 1.29 is 14.6 Å². The molecule has 4 nitrogen and oxygen atoms in total. The fraction of sp³-hybridized carbons (Fsp3) is 0.500. The minimum Gasteiger partial charge on any atom is -0.460 e. The number of esters is 1. The Morgan fingerprint density at radius 2 is 2.11 bits per heavy atom. The topological polar surface area (TPSA) is 72.5 Å². The molecule has 0 radical (unpaired) electrons. The number of nitrogens with two attached hydrogens (primary N) is 1. The van der Waals surface area contributed by atoms with Crippen molar-refractivity contribution in [2.24, 2.45) is 11.7 Å². The monoisotopic (exact) mass is 249 g/mol. The van der Waals surface area contributed by atoms with Gasteiger partial charge in [-0.1, -0.05) is 36.8 Å². The van der Waals surface area contributed by atoms with Crippen LogP contribution in [0.4, 0.5) is 0 Å². The van der Waals surface area contributed by atoms with Crippen LogP contribution in [0.25, 0.3) is 0 Å². The molecule has 0 bridgehead atoms. The molecule has 1 aliphatic carbocycles. The smallest absolute Gasteiger partial charge is 0.313 e. The summed E-state index contributed by atoms with van der Waals surface area (Å²) in [6.45, 7) is 0.228. The van der Waals surface area contributed by atoms with Crippen molar-refractivity contribution in [1.29, 1.82) is 0 Å². The first-order valence-corrected chi connectivity index (χ1v) is 6.31. The molecule has 1 saturated carbocycles. The van der Waals surface area contributed by atoms with Crippen molar-refractivity contribution in [2.75, 3.05) is 0 Å². The highest BCUT2D eigenvalue weighted by atomic mass is 16.5. The highest BCUT2D eigenvalue weighted by Crippen LogP contribution is 2.30. The molecule has 0 aromatic heterocycles. The number of ether oxygens (including phenoxy) is 1. The highest BCUT2D eigenvalue weighted by molar-refractivity contribution is 5.73. The summed E-state index contributed by atoms with van der Waals surface area (Å²) in [6.07, 6.45) is 2.82. The van der Waals surface area contributed by atoms with Gasteiger partial charge in [0.1, 0.15) is 12.3 Å². The Hall–Kier alpha value is -1.39. The molecule has 0 amide bonds. The number of carbonyl (C=O) groups is 1. The van der Waals surface area contributed by atoms with Gasteiger partial charge in [0.25, 0.3) is 0 Å². The molecule has 0 unspecified atom stereocenters. The van der Waals surface area contributed by atoms with E-state index in [1.165, 1.54) is 0 Å². The second kappa shape index (κ2) is 5.50. The maximum Gasteiger partial charge on any atom is 0.313 e. The maximum absolute atomic E-state index is 11.9. The minimum absolute atomic E-state index is 0.228. The van der Waals surface area contributed by atoms with Gasteiger partial charge in [0.15, 0.2) is 0 Å². The lowest BCUT2D eigenvalue weighted by Crippen LogP contribution is -2.52. The Morgan fingerprint density at radius 3 is 2.78 bits per heavy atom. The second-order valence-electron chi connectivity index (χ2n) is 4.88. The van der Waals surface area contributed by atoms with E-state index in [4.69, 9.17) is 10.5 Å². The Morgan fingerprint density at radius 1 is 1.39 bits per heavy atom. The third-order valence-electron chi connectivity index (χ3n) is 3.43. The lowest BCUT2D eigenvalue weighted by molar-refractivity contribution is -0.163. The van der Waals surface area contributed by atoms with E-state index in [-0.39, 0.29) is 6.61 Å². The molecule has 2 rings (SSSR count). The van der Waals surface area contributed by atoms with Gasteiger partial charge in [0, 0.05) is 0 Å². The SMILES string of the molecule is N[C@@]1(O)CCCC[C@H]1C(=O)OCc1ccccc1. The fourth-order valence-corrected chi connectivity index (χ4v) is 2.33. The molecule has 0 aliphatic heterocycles. The quantitative estimate of drug-likeness (QED) is 0.630. The van der Waals surface area contributed by atoms with Crippen molar-refractivity contribution in [1.82, 2.24) is 0 Å². The van der Waals surface area contributed by atoms with Crippen LogP contribution in [-0.4, -0.2) is 16.8 Å². The van der Waals surface area contributed by atoms with E-state index >= 15 is 0 Å². The number of benzene rings is 1. The number of aliphatic hydroxyl groups is 1. The first kappa shape index (κ1) is 13.1. The number of rotatable bonds is 3. The minimum atomic E-state index is -1.41. The Kier molecular flexibility index (Phi) is 3.99. The molecule has 2 atom stereocenters. The summed E-state index contributed by atoms with van der Waals surface area (Å²) in [7, 11) is 0. The van der Waals surface area contributed by atoms with Gasteiger partial charge in [-0.15, -0.1) is 0 Å². The average molecular weight is 249 g/mol. The van der Waals surface area contributed by atoms with Crippen molar-refractivity contribution in [3.63, 3.8) is 0 Å². The zero-order valence-corrected chi connectivity index (χ0v) is 10.3. The lowest BCUT2D eigenvalue weighted by Gasteiger charge is -2.34. The van der Waals surface area contributed by atoms with Crippen molar-refractivity contribution in [2.45, 2.75) is 38.0 Å². The van der Waals surface area contributed by atoms with Crippen LogP contribution in [0.5, 0.6) is 0 Å². The van der Waals surface area contributed by atoms with Crippen molar-refractivity contribution >= 4 is 5.97 Å².